The fourth-order valence-corrected chi connectivity index (χ4v) is 3.22. The number of amides is 1. The van der Waals surface area contributed by atoms with Crippen molar-refractivity contribution in [2.75, 3.05) is 0 Å². The monoisotopic (exact) mass is 361 g/mol. The largest absolute Gasteiger partial charge is 0.344 e. The second kappa shape index (κ2) is 6.24. The van der Waals surface area contributed by atoms with Crippen LogP contribution in [0.5, 0.6) is 0 Å². The van der Waals surface area contributed by atoms with Crippen molar-refractivity contribution in [3.05, 3.63) is 51.8 Å². The molecule has 3 rings (SSSR count). The summed E-state index contributed by atoms with van der Waals surface area (Å²) in [5.41, 5.74) is 2.63. The average molecular weight is 362 g/mol. The molecule has 22 heavy (non-hydrogen) atoms. The minimum absolute atomic E-state index is 0.0529. The molecule has 0 bridgehead atoms. The van der Waals surface area contributed by atoms with Gasteiger partial charge in [0.15, 0.2) is 0 Å². The molecule has 0 spiro atoms. The highest BCUT2D eigenvalue weighted by atomic mass is 79.9. The molecule has 4 nitrogen and oxygen atoms in total. The van der Waals surface area contributed by atoms with Crippen LogP contribution in [0.1, 0.15) is 47.1 Å². The molecule has 1 aliphatic carbocycles. The fourth-order valence-electron chi connectivity index (χ4n) is 2.95. The van der Waals surface area contributed by atoms with Gasteiger partial charge in [-0.1, -0.05) is 34.5 Å². The van der Waals surface area contributed by atoms with Crippen LogP contribution in [0.2, 0.25) is 0 Å². The quantitative estimate of drug-likeness (QED) is 0.900. The standard InChI is InChI=1S/C17H20BrN3O/c1-11-10-15(21(2)20-11)17(22)19-16(12-4-3-5-12)13-6-8-14(18)9-7-13/h6-10,12,16H,3-5H2,1-2H3,(H,19,22). The third kappa shape index (κ3) is 3.09. The number of halogens is 1. The molecule has 1 aromatic heterocycles. The van der Waals surface area contributed by atoms with Gasteiger partial charge in [0.1, 0.15) is 5.69 Å². The Labute approximate surface area is 139 Å². The molecule has 116 valence electrons. The Bertz CT molecular complexity index is 674. The number of aryl methyl sites for hydroxylation is 2. The summed E-state index contributed by atoms with van der Waals surface area (Å²) in [6, 6.07) is 10.1. The molecular formula is C17H20BrN3O. The first-order valence-corrected chi connectivity index (χ1v) is 8.41. The predicted molar refractivity (Wildman–Crippen MR) is 89.6 cm³/mol. The van der Waals surface area contributed by atoms with Crippen molar-refractivity contribution in [2.45, 2.75) is 32.2 Å². The lowest BCUT2D eigenvalue weighted by Gasteiger charge is -2.34. The lowest BCUT2D eigenvalue weighted by molar-refractivity contribution is 0.0891. The molecule has 1 atom stereocenters. The first-order valence-electron chi connectivity index (χ1n) is 7.61. The van der Waals surface area contributed by atoms with E-state index >= 15 is 0 Å². The van der Waals surface area contributed by atoms with E-state index in [1.807, 2.05) is 25.1 Å². The van der Waals surface area contributed by atoms with Gasteiger partial charge in [-0.3, -0.25) is 9.48 Å². The number of aromatic nitrogens is 2. The van der Waals surface area contributed by atoms with Crippen molar-refractivity contribution in [3.8, 4) is 0 Å². The zero-order valence-corrected chi connectivity index (χ0v) is 14.4. The molecule has 1 unspecified atom stereocenters. The van der Waals surface area contributed by atoms with E-state index in [1.165, 1.54) is 24.8 Å². The third-order valence-electron chi connectivity index (χ3n) is 4.37. The summed E-state index contributed by atoms with van der Waals surface area (Å²) >= 11 is 3.46. The first-order chi connectivity index (χ1) is 10.5. The Morgan fingerprint density at radius 3 is 2.55 bits per heavy atom. The average Bonchev–Trinajstić information content (AvgIpc) is 2.76. The van der Waals surface area contributed by atoms with Crippen molar-refractivity contribution in [2.24, 2.45) is 13.0 Å². The third-order valence-corrected chi connectivity index (χ3v) is 4.90. The van der Waals surface area contributed by atoms with E-state index in [0.717, 1.165) is 10.2 Å². The molecule has 1 aromatic carbocycles. The van der Waals surface area contributed by atoms with Crippen LogP contribution in [0.25, 0.3) is 0 Å². The van der Waals surface area contributed by atoms with Gasteiger partial charge in [0.2, 0.25) is 0 Å². The van der Waals surface area contributed by atoms with Gasteiger partial charge in [0.25, 0.3) is 5.91 Å². The lowest BCUT2D eigenvalue weighted by Crippen LogP contribution is -2.37. The minimum atomic E-state index is -0.0529. The molecular weight excluding hydrogens is 342 g/mol. The number of carbonyl (C=O) groups excluding carboxylic acids is 1. The molecule has 1 heterocycles. The highest BCUT2D eigenvalue weighted by Crippen LogP contribution is 2.38. The Morgan fingerprint density at radius 1 is 1.36 bits per heavy atom. The summed E-state index contributed by atoms with van der Waals surface area (Å²) in [6.07, 6.45) is 3.59. The number of rotatable bonds is 4. The van der Waals surface area contributed by atoms with Gasteiger partial charge in [-0.15, -0.1) is 0 Å². The van der Waals surface area contributed by atoms with E-state index in [0.29, 0.717) is 11.6 Å². The highest BCUT2D eigenvalue weighted by Gasteiger charge is 2.30. The van der Waals surface area contributed by atoms with E-state index in [4.69, 9.17) is 0 Å². The van der Waals surface area contributed by atoms with E-state index in [2.05, 4.69) is 38.5 Å². The van der Waals surface area contributed by atoms with Crippen molar-refractivity contribution in [3.63, 3.8) is 0 Å². The molecule has 0 radical (unpaired) electrons. The minimum Gasteiger partial charge on any atom is -0.344 e. The van der Waals surface area contributed by atoms with Crippen molar-refractivity contribution < 1.29 is 4.79 Å². The summed E-state index contributed by atoms with van der Waals surface area (Å²) in [6.45, 7) is 1.90. The highest BCUT2D eigenvalue weighted by molar-refractivity contribution is 9.10. The number of nitrogens with zero attached hydrogens (tertiary/aromatic N) is 2. The van der Waals surface area contributed by atoms with Gasteiger partial charge in [-0.25, -0.2) is 0 Å². The maximum Gasteiger partial charge on any atom is 0.270 e. The summed E-state index contributed by atoms with van der Waals surface area (Å²) in [7, 11) is 1.81. The Kier molecular flexibility index (Phi) is 4.34. The Morgan fingerprint density at radius 2 is 2.05 bits per heavy atom. The topological polar surface area (TPSA) is 46.9 Å². The Hall–Kier alpha value is -1.62. The second-order valence-electron chi connectivity index (χ2n) is 5.99. The van der Waals surface area contributed by atoms with Crippen molar-refractivity contribution in [1.29, 1.82) is 0 Å². The maximum atomic E-state index is 12.6. The number of hydrogen-bond acceptors (Lipinski definition) is 2. The molecule has 0 saturated heterocycles. The van der Waals surface area contributed by atoms with Crippen LogP contribution in [0.3, 0.4) is 0 Å². The maximum absolute atomic E-state index is 12.6. The molecule has 2 aromatic rings. The number of nitrogens with one attached hydrogen (secondary N) is 1. The fraction of sp³-hybridized carbons (Fsp3) is 0.412. The number of benzene rings is 1. The van der Waals surface area contributed by atoms with E-state index in [1.54, 1.807) is 11.7 Å². The van der Waals surface area contributed by atoms with Gasteiger partial charge in [0.05, 0.1) is 11.7 Å². The molecule has 1 fully saturated rings. The molecule has 1 saturated carbocycles. The van der Waals surface area contributed by atoms with Crippen molar-refractivity contribution >= 4 is 21.8 Å². The predicted octanol–water partition coefficient (Wildman–Crippen LogP) is 3.76. The van der Waals surface area contributed by atoms with Crippen LogP contribution < -0.4 is 5.32 Å². The van der Waals surface area contributed by atoms with Crippen LogP contribution in [0.15, 0.2) is 34.8 Å². The SMILES string of the molecule is Cc1cc(C(=O)NC(c2ccc(Br)cc2)C2CCC2)n(C)n1. The normalized spacial score (nSPS) is 16.1. The zero-order valence-electron chi connectivity index (χ0n) is 12.8. The lowest BCUT2D eigenvalue weighted by atomic mass is 9.77. The van der Waals surface area contributed by atoms with Gasteiger partial charge in [-0.2, -0.15) is 5.10 Å². The first kappa shape index (κ1) is 15.3. The summed E-state index contributed by atoms with van der Waals surface area (Å²) in [5, 5.41) is 7.46. The molecule has 1 aliphatic rings. The second-order valence-corrected chi connectivity index (χ2v) is 6.90. The number of hydrogen-bond donors (Lipinski definition) is 1. The molecule has 1 N–H and O–H groups in total. The molecule has 0 aliphatic heterocycles. The van der Waals surface area contributed by atoms with Crippen LogP contribution >= 0.6 is 15.9 Å². The smallest absolute Gasteiger partial charge is 0.270 e. The van der Waals surface area contributed by atoms with Crippen LogP contribution in [-0.4, -0.2) is 15.7 Å². The zero-order chi connectivity index (χ0) is 15.7. The van der Waals surface area contributed by atoms with E-state index in [-0.39, 0.29) is 11.9 Å². The molecule has 1 amide bonds. The summed E-state index contributed by atoms with van der Waals surface area (Å²) in [5.74, 6) is 0.474. The van der Waals surface area contributed by atoms with Gasteiger partial charge < -0.3 is 5.32 Å². The van der Waals surface area contributed by atoms with Crippen LogP contribution in [-0.2, 0) is 7.05 Å². The molecule has 5 heteroatoms. The van der Waals surface area contributed by atoms with Gasteiger partial charge >= 0.3 is 0 Å². The van der Waals surface area contributed by atoms with Gasteiger partial charge in [-0.05, 0) is 49.4 Å². The number of carbonyl (C=O) groups is 1. The Balaban J connectivity index is 1.82. The van der Waals surface area contributed by atoms with Crippen LogP contribution in [0, 0.1) is 12.8 Å². The van der Waals surface area contributed by atoms with Crippen molar-refractivity contribution in [1.82, 2.24) is 15.1 Å². The summed E-state index contributed by atoms with van der Waals surface area (Å²) < 4.78 is 2.70. The van der Waals surface area contributed by atoms with Gasteiger partial charge in [0, 0.05) is 11.5 Å². The summed E-state index contributed by atoms with van der Waals surface area (Å²) in [4.78, 5) is 12.6. The van der Waals surface area contributed by atoms with E-state index < -0.39 is 0 Å². The van der Waals surface area contributed by atoms with Crippen LogP contribution in [0.4, 0.5) is 0 Å². The van der Waals surface area contributed by atoms with E-state index in [9.17, 15) is 4.79 Å².